The number of halogens is 1. The second-order valence-electron chi connectivity index (χ2n) is 3.92. The number of aliphatic carboxylic acids is 1. The summed E-state index contributed by atoms with van der Waals surface area (Å²) < 4.78 is 17.9. The summed E-state index contributed by atoms with van der Waals surface area (Å²) in [6.45, 7) is 0.190. The molecule has 7 heteroatoms. The van der Waals surface area contributed by atoms with E-state index >= 15 is 0 Å². The Morgan fingerprint density at radius 3 is 2.83 bits per heavy atom. The summed E-state index contributed by atoms with van der Waals surface area (Å²) in [4.78, 5) is 10.9. The molecule has 0 aromatic heterocycles. The van der Waals surface area contributed by atoms with Crippen molar-refractivity contribution in [3.63, 3.8) is 0 Å². The number of nitrogens with two attached hydrogens (primary N) is 1. The van der Waals surface area contributed by atoms with Gasteiger partial charge in [-0.25, -0.2) is 4.39 Å². The topological polar surface area (TPSA) is 108 Å². The predicted octanol–water partition coefficient (Wildman–Crippen LogP) is 0.288. The normalized spacial score (nSPS) is 15.2. The van der Waals surface area contributed by atoms with Gasteiger partial charge in [-0.2, -0.15) is 0 Å². The van der Waals surface area contributed by atoms with Gasteiger partial charge < -0.3 is 26.3 Å². The maximum atomic E-state index is 13.2. The zero-order valence-corrected chi connectivity index (χ0v) is 10.4. The third-order valence-corrected chi connectivity index (χ3v) is 2.32. The SMILES string of the molecule is COC[C@@](N)(CC/C=C(\F)CNCC=N)C(=O)O. The van der Waals surface area contributed by atoms with Gasteiger partial charge >= 0.3 is 5.97 Å². The molecule has 0 aliphatic rings. The Bertz CT molecular complexity index is 310. The first-order valence-electron chi connectivity index (χ1n) is 5.51. The molecule has 1 atom stereocenters. The van der Waals surface area contributed by atoms with Crippen LogP contribution in [0.25, 0.3) is 0 Å². The fourth-order valence-electron chi connectivity index (χ4n) is 1.32. The smallest absolute Gasteiger partial charge is 0.326 e. The molecule has 0 aromatic rings. The average molecular weight is 261 g/mol. The number of carbonyl (C=O) groups is 1. The predicted molar refractivity (Wildman–Crippen MR) is 66.5 cm³/mol. The maximum absolute atomic E-state index is 13.2. The molecule has 5 N–H and O–H groups in total. The Morgan fingerprint density at radius 1 is 1.67 bits per heavy atom. The molecule has 0 aliphatic heterocycles. The first kappa shape index (κ1) is 16.7. The molecule has 0 aliphatic carbocycles. The van der Waals surface area contributed by atoms with Crippen molar-refractivity contribution in [2.45, 2.75) is 18.4 Å². The Morgan fingerprint density at radius 2 is 2.33 bits per heavy atom. The minimum Gasteiger partial charge on any atom is -0.480 e. The number of hydrogen-bond acceptors (Lipinski definition) is 5. The van der Waals surface area contributed by atoms with Crippen molar-refractivity contribution >= 4 is 12.2 Å². The number of rotatable bonds is 10. The van der Waals surface area contributed by atoms with E-state index in [0.29, 0.717) is 6.54 Å². The van der Waals surface area contributed by atoms with Gasteiger partial charge in [0.1, 0.15) is 11.4 Å². The van der Waals surface area contributed by atoms with Crippen LogP contribution in [0.15, 0.2) is 11.9 Å². The lowest BCUT2D eigenvalue weighted by Gasteiger charge is -2.22. The third kappa shape index (κ3) is 6.43. The van der Waals surface area contributed by atoms with Crippen LogP contribution in [-0.4, -0.2) is 49.6 Å². The summed E-state index contributed by atoms with van der Waals surface area (Å²) in [7, 11) is 1.36. The van der Waals surface area contributed by atoms with Crippen LogP contribution in [0.4, 0.5) is 4.39 Å². The highest BCUT2D eigenvalue weighted by atomic mass is 19.1. The fraction of sp³-hybridized carbons (Fsp3) is 0.636. The second kappa shape index (κ2) is 8.73. The molecule has 0 bridgehead atoms. The second-order valence-corrected chi connectivity index (χ2v) is 3.92. The summed E-state index contributed by atoms with van der Waals surface area (Å²) >= 11 is 0. The summed E-state index contributed by atoms with van der Waals surface area (Å²) in [5.41, 5.74) is 4.15. The number of carboxylic acid groups (broad SMARTS) is 1. The maximum Gasteiger partial charge on any atom is 0.326 e. The van der Waals surface area contributed by atoms with E-state index in [1.54, 1.807) is 0 Å². The Kier molecular flexibility index (Phi) is 8.10. The lowest BCUT2D eigenvalue weighted by atomic mass is 9.95. The van der Waals surface area contributed by atoms with E-state index in [1.807, 2.05) is 0 Å². The van der Waals surface area contributed by atoms with Gasteiger partial charge in [-0.1, -0.05) is 6.08 Å². The van der Waals surface area contributed by atoms with Crippen LogP contribution in [0, 0.1) is 5.41 Å². The molecule has 0 saturated heterocycles. The van der Waals surface area contributed by atoms with Crippen LogP contribution in [0.3, 0.4) is 0 Å². The van der Waals surface area contributed by atoms with Gasteiger partial charge in [-0.3, -0.25) is 4.79 Å². The molecule has 0 unspecified atom stereocenters. The minimum atomic E-state index is -1.49. The van der Waals surface area contributed by atoms with Gasteiger partial charge in [0.05, 0.1) is 6.61 Å². The summed E-state index contributed by atoms with van der Waals surface area (Å²) in [6.07, 6.45) is 2.72. The van der Waals surface area contributed by atoms with Gasteiger partial charge in [0.2, 0.25) is 0 Å². The molecule has 0 heterocycles. The van der Waals surface area contributed by atoms with Crippen molar-refractivity contribution in [2.75, 3.05) is 26.8 Å². The van der Waals surface area contributed by atoms with Gasteiger partial charge in [-0.15, -0.1) is 0 Å². The fourth-order valence-corrected chi connectivity index (χ4v) is 1.32. The average Bonchev–Trinajstić information content (AvgIpc) is 2.29. The first-order chi connectivity index (χ1) is 8.46. The van der Waals surface area contributed by atoms with Gasteiger partial charge in [0, 0.05) is 26.4 Å². The lowest BCUT2D eigenvalue weighted by Crippen LogP contribution is -2.51. The first-order valence-corrected chi connectivity index (χ1v) is 5.51. The molecule has 0 spiro atoms. The van der Waals surface area contributed by atoms with E-state index in [1.165, 1.54) is 13.2 Å². The van der Waals surface area contributed by atoms with Crippen molar-refractivity contribution in [2.24, 2.45) is 5.73 Å². The number of carboxylic acids is 1. The van der Waals surface area contributed by atoms with Crippen LogP contribution in [0.2, 0.25) is 0 Å². The number of hydrogen-bond donors (Lipinski definition) is 4. The van der Waals surface area contributed by atoms with Crippen LogP contribution in [0.5, 0.6) is 0 Å². The van der Waals surface area contributed by atoms with E-state index in [4.69, 9.17) is 21.0 Å². The minimum absolute atomic E-state index is 0.0182. The molecule has 0 fully saturated rings. The van der Waals surface area contributed by atoms with Crippen LogP contribution < -0.4 is 11.1 Å². The summed E-state index contributed by atoms with van der Waals surface area (Å²) in [5, 5.41) is 18.4. The van der Waals surface area contributed by atoms with Gasteiger partial charge in [-0.05, 0) is 12.8 Å². The quantitative estimate of drug-likeness (QED) is 0.334. The monoisotopic (exact) mass is 261 g/mol. The van der Waals surface area contributed by atoms with Crippen molar-refractivity contribution in [3.8, 4) is 0 Å². The largest absolute Gasteiger partial charge is 0.480 e. The number of ether oxygens (including phenoxy) is 1. The summed E-state index contributed by atoms with van der Waals surface area (Å²) in [6, 6.07) is 0. The van der Waals surface area contributed by atoms with E-state index in [0.717, 1.165) is 6.21 Å². The van der Waals surface area contributed by atoms with E-state index < -0.39 is 17.3 Å². The van der Waals surface area contributed by atoms with Crippen molar-refractivity contribution < 1.29 is 19.0 Å². The molecule has 0 saturated carbocycles. The highest BCUT2D eigenvalue weighted by Crippen LogP contribution is 2.12. The van der Waals surface area contributed by atoms with Gasteiger partial charge in [0.15, 0.2) is 0 Å². The molecule has 0 rings (SSSR count). The van der Waals surface area contributed by atoms with Crippen LogP contribution >= 0.6 is 0 Å². The number of allylic oxidation sites excluding steroid dienone is 1. The highest BCUT2D eigenvalue weighted by Gasteiger charge is 2.33. The zero-order chi connectivity index (χ0) is 14.0. The lowest BCUT2D eigenvalue weighted by molar-refractivity contribution is -0.145. The van der Waals surface area contributed by atoms with Crippen molar-refractivity contribution in [1.29, 1.82) is 5.41 Å². The Balaban J connectivity index is 4.16. The summed E-state index contributed by atoms with van der Waals surface area (Å²) in [5.74, 6) is -1.57. The van der Waals surface area contributed by atoms with E-state index in [9.17, 15) is 9.18 Å². The van der Waals surface area contributed by atoms with Crippen molar-refractivity contribution in [1.82, 2.24) is 5.32 Å². The molecule has 18 heavy (non-hydrogen) atoms. The van der Waals surface area contributed by atoms with Crippen molar-refractivity contribution in [3.05, 3.63) is 11.9 Å². The zero-order valence-electron chi connectivity index (χ0n) is 10.4. The molecule has 104 valence electrons. The van der Waals surface area contributed by atoms with E-state index in [2.05, 4.69) is 5.32 Å². The highest BCUT2D eigenvalue weighted by molar-refractivity contribution is 5.78. The molecule has 0 aromatic carbocycles. The molecule has 6 nitrogen and oxygen atoms in total. The van der Waals surface area contributed by atoms with E-state index in [-0.39, 0.29) is 26.0 Å². The third-order valence-electron chi connectivity index (χ3n) is 2.32. The van der Waals surface area contributed by atoms with Gasteiger partial charge in [0.25, 0.3) is 0 Å². The van der Waals surface area contributed by atoms with Crippen LogP contribution in [0.1, 0.15) is 12.8 Å². The van der Waals surface area contributed by atoms with Crippen LogP contribution in [-0.2, 0) is 9.53 Å². The Labute approximate surface area is 106 Å². The Hall–Kier alpha value is -1.31. The standard InChI is InChI=1S/C11H20FN3O3/c1-18-8-11(14,10(16)17)4-2-3-9(12)7-15-6-5-13/h3,5,13,15H,2,4,6-8,14H2,1H3,(H,16,17)/b9-3-,13-5?/t11-/m0/s1. The molecular formula is C11H20FN3O3. The molecular weight excluding hydrogens is 241 g/mol. The number of methoxy groups -OCH3 is 1. The molecule has 0 amide bonds. The number of nitrogens with one attached hydrogen (secondary N) is 2. The molecule has 0 radical (unpaired) electrons.